The molecule has 1 fully saturated rings. The van der Waals surface area contributed by atoms with Gasteiger partial charge in [-0.15, -0.1) is 0 Å². The number of anilines is 1. The Morgan fingerprint density at radius 2 is 2.05 bits per heavy atom. The van der Waals surface area contributed by atoms with Crippen LogP contribution < -0.4 is 4.90 Å². The van der Waals surface area contributed by atoms with E-state index in [1.807, 2.05) is 19.1 Å². The highest BCUT2D eigenvalue weighted by Crippen LogP contribution is 2.40. The van der Waals surface area contributed by atoms with E-state index >= 15 is 0 Å². The Balaban J connectivity index is 2.01. The van der Waals surface area contributed by atoms with Crippen molar-refractivity contribution in [3.63, 3.8) is 0 Å². The van der Waals surface area contributed by atoms with Crippen LogP contribution in [0.5, 0.6) is 0 Å². The molecule has 1 aromatic rings. The fourth-order valence-electron chi connectivity index (χ4n) is 3.02. The average molecular weight is 276 g/mol. The van der Waals surface area contributed by atoms with Crippen molar-refractivity contribution in [1.29, 1.82) is 0 Å². The quantitative estimate of drug-likeness (QED) is 0.583. The molecular weight excluding hydrogens is 262 g/mol. The highest BCUT2D eigenvalue weighted by Gasteiger charge is 2.50. The monoisotopic (exact) mass is 275 g/mol. The number of hydrogen-bond acceptors (Lipinski definition) is 2. The van der Waals surface area contributed by atoms with Crippen molar-refractivity contribution in [2.75, 3.05) is 4.90 Å². The van der Waals surface area contributed by atoms with Gasteiger partial charge in [-0.1, -0.05) is 36.7 Å². The first-order chi connectivity index (χ1) is 9.09. The molecule has 4 heteroatoms. The molecule has 0 unspecified atom stereocenters. The lowest BCUT2D eigenvalue weighted by Gasteiger charge is -2.22. The van der Waals surface area contributed by atoms with Crippen LogP contribution in [0.3, 0.4) is 0 Å². The number of nitrogens with zero attached hydrogens (tertiary/aromatic N) is 1. The summed E-state index contributed by atoms with van der Waals surface area (Å²) >= 11 is 5.94. The van der Waals surface area contributed by atoms with Crippen molar-refractivity contribution < 1.29 is 9.59 Å². The number of halogens is 1. The van der Waals surface area contributed by atoms with E-state index in [4.69, 9.17) is 11.6 Å². The molecule has 19 heavy (non-hydrogen) atoms. The third-order valence-corrected chi connectivity index (χ3v) is 4.17. The number of benzene rings is 1. The van der Waals surface area contributed by atoms with Gasteiger partial charge in [0.1, 0.15) is 0 Å². The summed E-state index contributed by atoms with van der Waals surface area (Å²) < 4.78 is 0. The molecule has 3 nitrogen and oxygen atoms in total. The second kappa shape index (κ2) is 4.49. The molecule has 1 saturated heterocycles. The van der Waals surface area contributed by atoms with Crippen LogP contribution in [-0.4, -0.2) is 11.8 Å². The SMILES string of the molecule is C[C@@H]1C=CC[C@H]2C(=O)N(c3cccc(Cl)c3)C(=O)[C@@H]12. The van der Waals surface area contributed by atoms with E-state index in [-0.39, 0.29) is 29.6 Å². The average Bonchev–Trinajstić information content (AvgIpc) is 2.63. The maximum absolute atomic E-state index is 12.5. The minimum absolute atomic E-state index is 0.103. The molecule has 1 aliphatic heterocycles. The maximum atomic E-state index is 12.5. The van der Waals surface area contributed by atoms with Crippen LogP contribution in [-0.2, 0) is 9.59 Å². The first-order valence-electron chi connectivity index (χ1n) is 6.39. The number of amides is 2. The van der Waals surface area contributed by atoms with Crippen LogP contribution in [0.15, 0.2) is 36.4 Å². The zero-order valence-corrected chi connectivity index (χ0v) is 11.3. The van der Waals surface area contributed by atoms with Crippen molar-refractivity contribution in [2.24, 2.45) is 17.8 Å². The first kappa shape index (κ1) is 12.4. The predicted octanol–water partition coefficient (Wildman–Crippen LogP) is 3.04. The van der Waals surface area contributed by atoms with Crippen LogP contribution >= 0.6 is 11.6 Å². The Kier molecular flexibility index (Phi) is 2.94. The zero-order chi connectivity index (χ0) is 13.6. The predicted molar refractivity (Wildman–Crippen MR) is 73.8 cm³/mol. The third-order valence-electron chi connectivity index (χ3n) is 3.94. The number of hydrogen-bond donors (Lipinski definition) is 0. The Morgan fingerprint density at radius 3 is 2.74 bits per heavy atom. The Hall–Kier alpha value is -1.61. The number of carbonyl (C=O) groups is 2. The Labute approximate surface area is 116 Å². The molecule has 98 valence electrons. The molecule has 0 N–H and O–H groups in total. The summed E-state index contributed by atoms with van der Waals surface area (Å²) in [6.45, 7) is 1.99. The molecule has 1 aromatic carbocycles. The third kappa shape index (κ3) is 1.89. The number of fused-ring (bicyclic) bond motifs is 1. The van der Waals surface area contributed by atoms with Crippen molar-refractivity contribution >= 4 is 29.1 Å². The Morgan fingerprint density at radius 1 is 1.26 bits per heavy atom. The van der Waals surface area contributed by atoms with Gasteiger partial charge in [-0.2, -0.15) is 0 Å². The lowest BCUT2D eigenvalue weighted by molar-refractivity contribution is -0.122. The van der Waals surface area contributed by atoms with Crippen LogP contribution in [0.25, 0.3) is 0 Å². The van der Waals surface area contributed by atoms with E-state index in [1.54, 1.807) is 24.3 Å². The summed E-state index contributed by atoms with van der Waals surface area (Å²) in [7, 11) is 0. The number of rotatable bonds is 1. The molecule has 0 radical (unpaired) electrons. The summed E-state index contributed by atoms with van der Waals surface area (Å²) in [5.74, 6) is -0.537. The van der Waals surface area contributed by atoms with Crippen LogP contribution in [0.2, 0.25) is 5.02 Å². The molecule has 0 saturated carbocycles. The zero-order valence-electron chi connectivity index (χ0n) is 10.5. The van der Waals surface area contributed by atoms with Gasteiger partial charge in [-0.25, -0.2) is 4.90 Å². The summed E-state index contributed by atoms with van der Waals surface area (Å²) in [5, 5.41) is 0.527. The van der Waals surface area contributed by atoms with Gasteiger partial charge >= 0.3 is 0 Å². The largest absolute Gasteiger partial charge is 0.274 e. The summed E-state index contributed by atoms with van der Waals surface area (Å²) in [6, 6.07) is 6.89. The van der Waals surface area contributed by atoms with Crippen LogP contribution in [0.1, 0.15) is 13.3 Å². The molecule has 2 aliphatic rings. The second-order valence-corrected chi connectivity index (χ2v) is 5.58. The summed E-state index contributed by atoms with van der Waals surface area (Å²) in [6.07, 6.45) is 4.67. The number of allylic oxidation sites excluding steroid dienone is 2. The van der Waals surface area contributed by atoms with Gasteiger partial charge in [-0.05, 0) is 30.5 Å². The van der Waals surface area contributed by atoms with Crippen LogP contribution in [0, 0.1) is 17.8 Å². The first-order valence-corrected chi connectivity index (χ1v) is 6.77. The molecule has 0 aromatic heterocycles. The molecule has 1 aliphatic carbocycles. The van der Waals surface area contributed by atoms with E-state index in [0.717, 1.165) is 0 Å². The molecule has 2 amide bonds. The lowest BCUT2D eigenvalue weighted by Crippen LogP contribution is -2.31. The van der Waals surface area contributed by atoms with Crippen molar-refractivity contribution in [3.05, 3.63) is 41.4 Å². The minimum Gasteiger partial charge on any atom is -0.274 e. The van der Waals surface area contributed by atoms with Gasteiger partial charge in [0.05, 0.1) is 17.5 Å². The highest BCUT2D eigenvalue weighted by atomic mass is 35.5. The Bertz CT molecular complexity index is 581. The summed E-state index contributed by atoms with van der Waals surface area (Å²) in [5.41, 5.74) is 0.573. The number of carbonyl (C=O) groups excluding carboxylic acids is 2. The van der Waals surface area contributed by atoms with Gasteiger partial charge in [0.2, 0.25) is 11.8 Å². The van der Waals surface area contributed by atoms with Gasteiger partial charge in [-0.3, -0.25) is 9.59 Å². The van der Waals surface area contributed by atoms with Crippen molar-refractivity contribution in [3.8, 4) is 0 Å². The van der Waals surface area contributed by atoms with E-state index in [0.29, 0.717) is 17.1 Å². The van der Waals surface area contributed by atoms with E-state index in [2.05, 4.69) is 0 Å². The fourth-order valence-corrected chi connectivity index (χ4v) is 3.20. The molecule has 3 rings (SSSR count). The maximum Gasteiger partial charge on any atom is 0.238 e. The van der Waals surface area contributed by atoms with Crippen molar-refractivity contribution in [2.45, 2.75) is 13.3 Å². The van der Waals surface area contributed by atoms with Gasteiger partial charge in [0.25, 0.3) is 0 Å². The molecule has 3 atom stereocenters. The van der Waals surface area contributed by atoms with E-state index < -0.39 is 0 Å². The molecule has 0 bridgehead atoms. The molecular formula is C15H14ClNO2. The van der Waals surface area contributed by atoms with Crippen molar-refractivity contribution in [1.82, 2.24) is 0 Å². The van der Waals surface area contributed by atoms with Gasteiger partial charge in [0.15, 0.2) is 0 Å². The van der Waals surface area contributed by atoms with E-state index in [1.165, 1.54) is 4.90 Å². The highest BCUT2D eigenvalue weighted by molar-refractivity contribution is 6.31. The molecule has 1 heterocycles. The smallest absolute Gasteiger partial charge is 0.238 e. The molecule has 0 spiro atoms. The second-order valence-electron chi connectivity index (χ2n) is 5.15. The topological polar surface area (TPSA) is 37.4 Å². The summed E-state index contributed by atoms with van der Waals surface area (Å²) in [4.78, 5) is 26.2. The van der Waals surface area contributed by atoms with E-state index in [9.17, 15) is 9.59 Å². The van der Waals surface area contributed by atoms with Crippen LogP contribution in [0.4, 0.5) is 5.69 Å². The standard InChI is InChI=1S/C15H14ClNO2/c1-9-4-2-7-12-13(9)15(19)17(14(12)18)11-6-3-5-10(16)8-11/h2-6,8-9,12-13H,7H2,1H3/t9-,12-,13+/m1/s1. The normalized spacial score (nSPS) is 29.8. The lowest BCUT2D eigenvalue weighted by atomic mass is 9.78. The van der Waals surface area contributed by atoms with Gasteiger partial charge in [0, 0.05) is 5.02 Å². The number of imide groups is 1. The minimum atomic E-state index is -0.225. The fraction of sp³-hybridized carbons (Fsp3) is 0.333. The van der Waals surface area contributed by atoms with Gasteiger partial charge < -0.3 is 0 Å².